The lowest BCUT2D eigenvalue weighted by Crippen LogP contribution is -2.57. The van der Waals surface area contributed by atoms with Crippen molar-refractivity contribution in [3.05, 3.63) is 94.8 Å². The molecule has 0 unspecified atom stereocenters. The molecule has 0 radical (unpaired) electrons. The van der Waals surface area contributed by atoms with Crippen LogP contribution in [-0.4, -0.2) is 76.6 Å². The van der Waals surface area contributed by atoms with E-state index >= 15 is 0 Å². The molecule has 3 aromatic carbocycles. The number of para-hydroxylation sites is 1. The van der Waals surface area contributed by atoms with Gasteiger partial charge in [0.05, 0.1) is 20.3 Å². The van der Waals surface area contributed by atoms with Gasteiger partial charge in [-0.05, 0) is 78.3 Å². The highest BCUT2D eigenvalue weighted by molar-refractivity contribution is 6.31. The third kappa shape index (κ3) is 7.11. The van der Waals surface area contributed by atoms with Gasteiger partial charge in [-0.15, -0.1) is 0 Å². The van der Waals surface area contributed by atoms with Crippen LogP contribution in [0.4, 0.5) is 0 Å². The van der Waals surface area contributed by atoms with Crippen molar-refractivity contribution in [1.29, 1.82) is 0 Å². The summed E-state index contributed by atoms with van der Waals surface area (Å²) in [7, 11) is 3.22. The SMILES string of the molecule is COc1cc(CN(C[C@@H](Cc2c[nH]c3ccccc23)N(C(C)=O)N2CCC(c3c[nH]c4ccc(Cl)cc34)CC2)C(C)=O)cc(OC)c1. The fraction of sp³-hybridized carbons (Fsp3) is 0.351. The molecule has 47 heavy (non-hydrogen) atoms. The fourth-order valence-corrected chi connectivity index (χ4v) is 7.22. The van der Waals surface area contributed by atoms with E-state index in [1.165, 1.54) is 5.56 Å². The number of ether oxygens (including phenoxy) is 2. The summed E-state index contributed by atoms with van der Waals surface area (Å²) in [4.78, 5) is 35.4. The summed E-state index contributed by atoms with van der Waals surface area (Å²) in [6.45, 7) is 5.35. The zero-order chi connectivity index (χ0) is 33.1. The molecule has 6 rings (SSSR count). The number of hydrazine groups is 1. The smallest absolute Gasteiger partial charge is 0.234 e. The van der Waals surface area contributed by atoms with Crippen molar-refractivity contribution in [3.8, 4) is 11.5 Å². The van der Waals surface area contributed by atoms with Crippen LogP contribution >= 0.6 is 11.6 Å². The van der Waals surface area contributed by atoms with Crippen LogP contribution in [0.15, 0.2) is 73.1 Å². The summed E-state index contributed by atoms with van der Waals surface area (Å²) in [5.74, 6) is 1.54. The van der Waals surface area contributed by atoms with Crippen LogP contribution < -0.4 is 9.47 Å². The molecule has 246 valence electrons. The van der Waals surface area contributed by atoms with Gasteiger partial charge in [-0.2, -0.15) is 0 Å². The number of aromatic amines is 2. The lowest BCUT2D eigenvalue weighted by atomic mass is 9.89. The van der Waals surface area contributed by atoms with Crippen molar-refractivity contribution in [2.24, 2.45) is 0 Å². The van der Waals surface area contributed by atoms with Crippen LogP contribution in [0.1, 0.15) is 49.3 Å². The second-order valence-electron chi connectivity index (χ2n) is 12.4. The number of piperidine rings is 1. The summed E-state index contributed by atoms with van der Waals surface area (Å²) < 4.78 is 11.0. The summed E-state index contributed by atoms with van der Waals surface area (Å²) in [6, 6.07) is 19.5. The molecule has 3 heterocycles. The Morgan fingerprint density at radius 2 is 1.57 bits per heavy atom. The number of aromatic nitrogens is 2. The Bertz CT molecular complexity index is 1850. The molecule has 5 aromatic rings. The van der Waals surface area contributed by atoms with Crippen LogP contribution in [0, 0.1) is 0 Å². The number of carbonyl (C=O) groups is 2. The molecule has 2 N–H and O–H groups in total. The Labute approximate surface area is 280 Å². The molecule has 1 saturated heterocycles. The Balaban J connectivity index is 1.28. The number of rotatable bonds is 11. The van der Waals surface area contributed by atoms with Crippen molar-refractivity contribution < 1.29 is 19.1 Å². The third-order valence-corrected chi connectivity index (χ3v) is 9.59. The first kappa shape index (κ1) is 32.5. The molecule has 9 nitrogen and oxygen atoms in total. The predicted molar refractivity (Wildman–Crippen MR) is 186 cm³/mol. The van der Waals surface area contributed by atoms with E-state index in [-0.39, 0.29) is 17.9 Å². The van der Waals surface area contributed by atoms with E-state index in [1.807, 2.05) is 64.6 Å². The monoisotopic (exact) mass is 655 g/mol. The van der Waals surface area contributed by atoms with Gasteiger partial charge in [0.1, 0.15) is 11.5 Å². The molecule has 0 spiro atoms. The highest BCUT2D eigenvalue weighted by atomic mass is 35.5. The van der Waals surface area contributed by atoms with E-state index in [0.717, 1.165) is 63.9 Å². The maximum absolute atomic E-state index is 13.6. The number of benzene rings is 3. The Hall–Kier alpha value is -4.47. The number of nitrogens with zero attached hydrogens (tertiary/aromatic N) is 3. The number of hydrogen-bond donors (Lipinski definition) is 2. The van der Waals surface area contributed by atoms with Crippen molar-refractivity contribution in [3.63, 3.8) is 0 Å². The Kier molecular flexibility index (Phi) is 9.75. The van der Waals surface area contributed by atoms with Gasteiger partial charge in [0, 0.05) is 85.3 Å². The number of carbonyl (C=O) groups excluding carboxylic acids is 2. The zero-order valence-electron chi connectivity index (χ0n) is 27.4. The van der Waals surface area contributed by atoms with Gasteiger partial charge in [-0.3, -0.25) is 14.6 Å². The molecule has 2 amide bonds. The normalized spacial score (nSPS) is 14.7. The van der Waals surface area contributed by atoms with Gasteiger partial charge >= 0.3 is 0 Å². The minimum absolute atomic E-state index is 0.0429. The maximum atomic E-state index is 13.6. The van der Waals surface area contributed by atoms with E-state index in [1.54, 1.807) is 28.1 Å². The Morgan fingerprint density at radius 1 is 0.894 bits per heavy atom. The zero-order valence-corrected chi connectivity index (χ0v) is 28.1. The van der Waals surface area contributed by atoms with E-state index in [0.29, 0.717) is 36.9 Å². The number of hydrogen-bond acceptors (Lipinski definition) is 5. The van der Waals surface area contributed by atoms with Crippen LogP contribution in [0.25, 0.3) is 21.8 Å². The Morgan fingerprint density at radius 3 is 2.26 bits per heavy atom. The van der Waals surface area contributed by atoms with E-state index < -0.39 is 0 Å². The molecule has 0 bridgehead atoms. The number of H-pyrrole nitrogens is 2. The summed E-state index contributed by atoms with van der Waals surface area (Å²) >= 11 is 6.35. The summed E-state index contributed by atoms with van der Waals surface area (Å²) in [6.07, 6.45) is 6.49. The van der Waals surface area contributed by atoms with E-state index in [2.05, 4.69) is 33.3 Å². The van der Waals surface area contributed by atoms with Gasteiger partial charge in [0.2, 0.25) is 11.8 Å². The maximum Gasteiger partial charge on any atom is 0.234 e. The largest absolute Gasteiger partial charge is 0.497 e. The van der Waals surface area contributed by atoms with Crippen LogP contribution in [0.2, 0.25) is 5.02 Å². The van der Waals surface area contributed by atoms with Gasteiger partial charge < -0.3 is 24.3 Å². The lowest BCUT2D eigenvalue weighted by molar-refractivity contribution is -0.158. The molecule has 1 aliphatic rings. The van der Waals surface area contributed by atoms with Gasteiger partial charge in [-0.1, -0.05) is 29.8 Å². The number of nitrogens with one attached hydrogen (secondary N) is 2. The first-order valence-corrected chi connectivity index (χ1v) is 16.5. The highest BCUT2D eigenvalue weighted by Gasteiger charge is 2.34. The fourth-order valence-electron chi connectivity index (χ4n) is 7.05. The van der Waals surface area contributed by atoms with E-state index in [4.69, 9.17) is 21.1 Å². The summed E-state index contributed by atoms with van der Waals surface area (Å²) in [5.41, 5.74) is 5.38. The second-order valence-corrected chi connectivity index (χ2v) is 12.8. The molecular formula is C37H42ClN5O4. The molecule has 0 saturated carbocycles. The molecule has 10 heteroatoms. The quantitative estimate of drug-likeness (QED) is 0.161. The highest BCUT2D eigenvalue weighted by Crippen LogP contribution is 2.35. The van der Waals surface area contributed by atoms with Gasteiger partial charge in [0.15, 0.2) is 0 Å². The number of fused-ring (bicyclic) bond motifs is 2. The van der Waals surface area contributed by atoms with Crippen molar-refractivity contribution in [1.82, 2.24) is 24.9 Å². The molecule has 1 fully saturated rings. The van der Waals surface area contributed by atoms with Crippen LogP contribution in [-0.2, 0) is 22.6 Å². The first-order chi connectivity index (χ1) is 22.7. The minimum Gasteiger partial charge on any atom is -0.497 e. The molecule has 1 aliphatic heterocycles. The van der Waals surface area contributed by atoms with Crippen molar-refractivity contribution in [2.75, 3.05) is 33.9 Å². The molecule has 0 aliphatic carbocycles. The van der Waals surface area contributed by atoms with Gasteiger partial charge in [-0.25, -0.2) is 5.01 Å². The van der Waals surface area contributed by atoms with Crippen LogP contribution in [0.5, 0.6) is 11.5 Å². The second kappa shape index (κ2) is 14.1. The minimum atomic E-state index is -0.299. The van der Waals surface area contributed by atoms with E-state index in [9.17, 15) is 9.59 Å². The molecule has 1 atom stereocenters. The molecule has 2 aromatic heterocycles. The summed E-state index contributed by atoms with van der Waals surface area (Å²) in [5, 5.41) is 7.09. The van der Waals surface area contributed by atoms with Gasteiger partial charge in [0.25, 0.3) is 0 Å². The number of amides is 2. The third-order valence-electron chi connectivity index (χ3n) is 9.35. The van der Waals surface area contributed by atoms with Crippen molar-refractivity contribution in [2.45, 2.75) is 51.6 Å². The average molecular weight is 656 g/mol. The van der Waals surface area contributed by atoms with Crippen molar-refractivity contribution >= 4 is 45.2 Å². The molecular weight excluding hydrogens is 614 g/mol. The first-order valence-electron chi connectivity index (χ1n) is 16.1. The standard InChI is InChI=1S/C37H42ClN5O4/c1-24(44)41(22-26-15-31(46-3)19-32(16-26)47-4)23-30(17-28-20-39-36-8-6-5-7-33(28)36)43(25(2)45)42-13-11-27(12-14-42)35-21-40-37-10-9-29(38)18-34(35)37/h5-10,15-16,18-21,27,30,39-40H,11-14,17,22-23H2,1-4H3/t30-/m1/s1. The lowest BCUT2D eigenvalue weighted by Gasteiger charge is -2.44. The average Bonchev–Trinajstić information content (AvgIpc) is 3.68. The number of halogens is 1. The topological polar surface area (TPSA) is 93.9 Å². The number of methoxy groups -OCH3 is 2. The van der Waals surface area contributed by atoms with Crippen LogP contribution in [0.3, 0.4) is 0 Å². The predicted octanol–water partition coefficient (Wildman–Crippen LogP) is 6.92.